The van der Waals surface area contributed by atoms with Gasteiger partial charge in [-0.05, 0) is 56.4 Å². The molecule has 0 aliphatic carbocycles. The van der Waals surface area contributed by atoms with E-state index in [4.69, 9.17) is 0 Å². The van der Waals surface area contributed by atoms with Gasteiger partial charge in [0.05, 0.1) is 0 Å². The number of piperazine rings is 1. The zero-order valence-corrected chi connectivity index (χ0v) is 15.4. The van der Waals surface area contributed by atoms with Gasteiger partial charge in [-0.15, -0.1) is 11.3 Å². The van der Waals surface area contributed by atoms with Crippen molar-refractivity contribution >= 4 is 17.3 Å². The number of aryl methyl sites for hydroxylation is 1. The van der Waals surface area contributed by atoms with Gasteiger partial charge in [-0.25, -0.2) is 9.97 Å². The van der Waals surface area contributed by atoms with Crippen molar-refractivity contribution in [1.82, 2.24) is 20.2 Å². The summed E-state index contributed by atoms with van der Waals surface area (Å²) in [5, 5.41) is 5.83. The first-order valence-corrected chi connectivity index (χ1v) is 9.63. The summed E-state index contributed by atoms with van der Waals surface area (Å²) in [7, 11) is 0. The lowest BCUT2D eigenvalue weighted by atomic mass is 10.2. The molecular formula is C18H27N5S. The minimum atomic E-state index is 0.456. The second-order valence-electron chi connectivity index (χ2n) is 6.37. The monoisotopic (exact) mass is 345 g/mol. The second-order valence-corrected chi connectivity index (χ2v) is 7.32. The maximum Gasteiger partial charge on any atom is 0.225 e. The van der Waals surface area contributed by atoms with Crippen LogP contribution in [0.5, 0.6) is 0 Å². The Morgan fingerprint density at radius 2 is 1.96 bits per heavy atom. The Morgan fingerprint density at radius 3 is 2.62 bits per heavy atom. The summed E-state index contributed by atoms with van der Waals surface area (Å²) in [6, 6.07) is 4.52. The number of nitrogens with zero attached hydrogens (tertiary/aromatic N) is 4. The molecule has 0 radical (unpaired) electrons. The summed E-state index contributed by atoms with van der Waals surface area (Å²) in [4.78, 5) is 15.0. The lowest BCUT2D eigenvalue weighted by Crippen LogP contribution is -2.47. The van der Waals surface area contributed by atoms with E-state index in [1.807, 2.05) is 29.8 Å². The Hall–Kier alpha value is -1.50. The lowest BCUT2D eigenvalue weighted by molar-refractivity contribution is 0.252. The van der Waals surface area contributed by atoms with Crippen molar-refractivity contribution in [3.63, 3.8) is 0 Å². The predicted octanol–water partition coefficient (Wildman–Crippen LogP) is 2.71. The molecule has 6 heteroatoms. The largest absolute Gasteiger partial charge is 0.338 e. The summed E-state index contributed by atoms with van der Waals surface area (Å²) in [6.07, 6.45) is 4.82. The summed E-state index contributed by atoms with van der Waals surface area (Å²) in [5.41, 5.74) is 1.40. The van der Waals surface area contributed by atoms with Crippen molar-refractivity contribution in [3.05, 3.63) is 40.3 Å². The molecule has 0 bridgehead atoms. The smallest absolute Gasteiger partial charge is 0.225 e. The Bertz CT molecular complexity index is 607. The van der Waals surface area contributed by atoms with Crippen LogP contribution in [0.2, 0.25) is 0 Å². The molecule has 24 heavy (non-hydrogen) atoms. The van der Waals surface area contributed by atoms with Crippen molar-refractivity contribution in [1.29, 1.82) is 0 Å². The zero-order chi connectivity index (χ0) is 16.8. The average molecular weight is 346 g/mol. The maximum atomic E-state index is 4.34. The number of rotatable bonds is 7. The van der Waals surface area contributed by atoms with Crippen LogP contribution in [-0.4, -0.2) is 54.1 Å². The van der Waals surface area contributed by atoms with E-state index in [1.165, 1.54) is 16.9 Å². The minimum absolute atomic E-state index is 0.456. The van der Waals surface area contributed by atoms with Gasteiger partial charge in [-0.1, -0.05) is 0 Å². The van der Waals surface area contributed by atoms with Crippen LogP contribution in [0.1, 0.15) is 29.8 Å². The van der Waals surface area contributed by atoms with Crippen LogP contribution in [0.15, 0.2) is 29.9 Å². The number of hydrogen-bond donors (Lipinski definition) is 1. The Kier molecular flexibility index (Phi) is 6.18. The van der Waals surface area contributed by atoms with Crippen molar-refractivity contribution in [2.75, 3.05) is 44.2 Å². The van der Waals surface area contributed by atoms with E-state index < -0.39 is 0 Å². The molecule has 1 N–H and O–H groups in total. The summed E-state index contributed by atoms with van der Waals surface area (Å²) < 4.78 is 0. The maximum absolute atomic E-state index is 4.34. The standard InChI is InChI=1S/C18H27N5S/c1-15-5-14-24-17(15)16(2)19-8-4-9-22-10-12-23(13-11-22)18-20-6-3-7-21-18/h3,5-7,14,16,19H,4,8-13H2,1-2H3/t16-/m0/s1. The van der Waals surface area contributed by atoms with Crippen LogP contribution >= 0.6 is 11.3 Å². The van der Waals surface area contributed by atoms with Crippen molar-refractivity contribution in [2.45, 2.75) is 26.3 Å². The highest BCUT2D eigenvalue weighted by atomic mass is 32.1. The summed E-state index contributed by atoms with van der Waals surface area (Å²) in [5.74, 6) is 0.860. The summed E-state index contributed by atoms with van der Waals surface area (Å²) in [6.45, 7) is 10.9. The molecule has 0 saturated carbocycles. The third kappa shape index (κ3) is 4.53. The van der Waals surface area contributed by atoms with E-state index in [1.54, 1.807) is 0 Å². The summed E-state index contributed by atoms with van der Waals surface area (Å²) >= 11 is 1.85. The fourth-order valence-corrected chi connectivity index (χ4v) is 4.13. The van der Waals surface area contributed by atoms with Crippen molar-refractivity contribution < 1.29 is 0 Å². The molecule has 3 rings (SSSR count). The Balaban J connectivity index is 1.33. The van der Waals surface area contributed by atoms with Crippen LogP contribution < -0.4 is 10.2 Å². The number of anilines is 1. The normalized spacial score (nSPS) is 17.2. The number of thiophene rings is 1. The van der Waals surface area contributed by atoms with E-state index in [2.05, 4.69) is 50.4 Å². The molecule has 1 fully saturated rings. The van der Waals surface area contributed by atoms with Crippen molar-refractivity contribution in [3.8, 4) is 0 Å². The van der Waals surface area contributed by atoms with E-state index >= 15 is 0 Å². The minimum Gasteiger partial charge on any atom is -0.338 e. The topological polar surface area (TPSA) is 44.3 Å². The van der Waals surface area contributed by atoms with Gasteiger partial charge in [0.1, 0.15) is 0 Å². The molecule has 2 aromatic rings. The van der Waals surface area contributed by atoms with Gasteiger partial charge in [0.15, 0.2) is 0 Å². The fraction of sp³-hybridized carbons (Fsp3) is 0.556. The molecule has 0 amide bonds. The van der Waals surface area contributed by atoms with Gasteiger partial charge in [-0.3, -0.25) is 4.90 Å². The molecule has 1 aliphatic heterocycles. The van der Waals surface area contributed by atoms with E-state index in [9.17, 15) is 0 Å². The van der Waals surface area contributed by atoms with Crippen molar-refractivity contribution in [2.24, 2.45) is 0 Å². The quantitative estimate of drug-likeness (QED) is 0.782. The van der Waals surface area contributed by atoms with E-state index in [-0.39, 0.29) is 0 Å². The third-order valence-electron chi connectivity index (χ3n) is 4.60. The molecule has 2 aromatic heterocycles. The first kappa shape index (κ1) is 17.3. The van der Waals surface area contributed by atoms with Crippen LogP contribution in [0.4, 0.5) is 5.95 Å². The zero-order valence-electron chi connectivity index (χ0n) is 14.6. The van der Waals surface area contributed by atoms with E-state index in [0.717, 1.165) is 45.2 Å². The van der Waals surface area contributed by atoms with Crippen LogP contribution in [0.25, 0.3) is 0 Å². The van der Waals surface area contributed by atoms with Crippen LogP contribution in [0, 0.1) is 6.92 Å². The predicted molar refractivity (Wildman–Crippen MR) is 101 cm³/mol. The number of aromatic nitrogens is 2. The van der Waals surface area contributed by atoms with Gasteiger partial charge in [0, 0.05) is 49.5 Å². The van der Waals surface area contributed by atoms with Gasteiger partial charge in [0.25, 0.3) is 0 Å². The van der Waals surface area contributed by atoms with Gasteiger partial charge < -0.3 is 10.2 Å². The molecule has 1 atom stereocenters. The first-order chi connectivity index (χ1) is 11.7. The van der Waals surface area contributed by atoms with Gasteiger partial charge >= 0.3 is 0 Å². The fourth-order valence-electron chi connectivity index (χ4n) is 3.17. The van der Waals surface area contributed by atoms with Gasteiger partial charge in [0.2, 0.25) is 5.95 Å². The molecule has 3 heterocycles. The molecule has 0 aromatic carbocycles. The Morgan fingerprint density at radius 1 is 1.21 bits per heavy atom. The number of hydrogen-bond acceptors (Lipinski definition) is 6. The van der Waals surface area contributed by atoms with Gasteiger partial charge in [-0.2, -0.15) is 0 Å². The first-order valence-electron chi connectivity index (χ1n) is 8.76. The average Bonchev–Trinajstić information content (AvgIpc) is 3.06. The lowest BCUT2D eigenvalue weighted by Gasteiger charge is -2.34. The Labute approximate surface area is 148 Å². The SMILES string of the molecule is Cc1ccsc1[C@H](C)NCCCN1CCN(c2ncccn2)CC1. The number of nitrogens with one attached hydrogen (secondary N) is 1. The van der Waals surface area contributed by atoms with Crippen LogP contribution in [-0.2, 0) is 0 Å². The molecule has 1 saturated heterocycles. The second kappa shape index (κ2) is 8.55. The van der Waals surface area contributed by atoms with E-state index in [0.29, 0.717) is 6.04 Å². The highest BCUT2D eigenvalue weighted by Crippen LogP contribution is 2.23. The molecule has 1 aliphatic rings. The molecule has 0 spiro atoms. The highest BCUT2D eigenvalue weighted by Gasteiger charge is 2.18. The molecule has 130 valence electrons. The third-order valence-corrected chi connectivity index (χ3v) is 5.81. The van der Waals surface area contributed by atoms with Crippen LogP contribution in [0.3, 0.4) is 0 Å². The molecule has 5 nitrogen and oxygen atoms in total. The molecular weight excluding hydrogens is 318 g/mol. The molecule has 0 unspecified atom stereocenters. The highest BCUT2D eigenvalue weighted by molar-refractivity contribution is 7.10.